The van der Waals surface area contributed by atoms with Crippen molar-refractivity contribution in [2.75, 3.05) is 13.1 Å². The molecule has 0 radical (unpaired) electrons. The van der Waals surface area contributed by atoms with Gasteiger partial charge in [-0.1, -0.05) is 12.8 Å². The van der Waals surface area contributed by atoms with Crippen molar-refractivity contribution in [2.24, 2.45) is 5.73 Å². The van der Waals surface area contributed by atoms with Crippen molar-refractivity contribution in [3.05, 3.63) is 0 Å². The highest BCUT2D eigenvalue weighted by Crippen LogP contribution is 2.25. The molecule has 122 valence electrons. The normalized spacial score (nSPS) is 22.5. The fraction of sp³-hybridized carbons (Fsp3) is 0.867. The number of likely N-dealkylation sites (N-methyl/N-ethyl adjacent to an activating group) is 1. The summed E-state index contributed by atoms with van der Waals surface area (Å²) in [7, 11) is 0. The number of hydrogen-bond acceptors (Lipinski definition) is 4. The van der Waals surface area contributed by atoms with Crippen LogP contribution in [-0.4, -0.2) is 47.7 Å². The molecule has 0 aromatic heterocycles. The van der Waals surface area contributed by atoms with Gasteiger partial charge in [0.25, 0.3) is 0 Å². The second-order valence-corrected chi connectivity index (χ2v) is 6.50. The molecule has 0 spiro atoms. The first-order valence-electron chi connectivity index (χ1n) is 7.77. The van der Waals surface area contributed by atoms with Gasteiger partial charge in [0.05, 0.1) is 12.6 Å². The molecule has 0 bridgehead atoms. The number of hydrogen-bond donors (Lipinski definition) is 2. The molecule has 3 N–H and O–H groups in total. The summed E-state index contributed by atoms with van der Waals surface area (Å²) in [5, 5.41) is 2.94. The average Bonchev–Trinajstić information content (AvgIpc) is 2.39. The highest BCUT2D eigenvalue weighted by atomic mass is 16.6. The topological polar surface area (TPSA) is 84.7 Å². The Morgan fingerprint density at radius 1 is 1.29 bits per heavy atom. The highest BCUT2D eigenvalue weighted by molar-refractivity contribution is 5.78. The molecule has 0 heterocycles. The Kier molecular flexibility index (Phi) is 6.45. The summed E-state index contributed by atoms with van der Waals surface area (Å²) in [5.74, 6) is -0.174. The standard InChI is InChI=1S/C15H29N3O3/c1-5-18(14(20)21-15(2,3)4)12-9-7-6-8-11(12)17-13(19)10-16/h11-12H,5-10,16H2,1-4H3,(H,17,19)/t11-,12+/m0/s1. The Morgan fingerprint density at radius 2 is 1.90 bits per heavy atom. The molecule has 1 saturated carbocycles. The van der Waals surface area contributed by atoms with Crippen molar-refractivity contribution in [3.8, 4) is 0 Å². The van der Waals surface area contributed by atoms with Gasteiger partial charge in [-0.05, 0) is 40.5 Å². The molecule has 6 heteroatoms. The molecule has 1 fully saturated rings. The van der Waals surface area contributed by atoms with Crippen LogP contribution >= 0.6 is 0 Å². The maximum atomic E-state index is 12.4. The maximum absolute atomic E-state index is 12.4. The zero-order chi connectivity index (χ0) is 16.0. The van der Waals surface area contributed by atoms with Crippen molar-refractivity contribution in [1.29, 1.82) is 0 Å². The number of carbonyl (C=O) groups is 2. The van der Waals surface area contributed by atoms with Crippen LogP contribution < -0.4 is 11.1 Å². The Hall–Kier alpha value is -1.30. The van der Waals surface area contributed by atoms with Gasteiger partial charge in [0, 0.05) is 12.6 Å². The summed E-state index contributed by atoms with van der Waals surface area (Å²) in [4.78, 5) is 25.6. The first-order valence-corrected chi connectivity index (χ1v) is 7.77. The van der Waals surface area contributed by atoms with Crippen molar-refractivity contribution < 1.29 is 14.3 Å². The van der Waals surface area contributed by atoms with E-state index >= 15 is 0 Å². The van der Waals surface area contributed by atoms with Crippen LogP contribution in [0.15, 0.2) is 0 Å². The van der Waals surface area contributed by atoms with Gasteiger partial charge >= 0.3 is 6.09 Å². The van der Waals surface area contributed by atoms with E-state index in [0.29, 0.717) is 6.54 Å². The molecule has 6 nitrogen and oxygen atoms in total. The second kappa shape index (κ2) is 7.64. The van der Waals surface area contributed by atoms with Crippen molar-refractivity contribution in [1.82, 2.24) is 10.2 Å². The number of nitrogens with two attached hydrogens (primary N) is 1. The predicted octanol–water partition coefficient (Wildman–Crippen LogP) is 1.63. The van der Waals surface area contributed by atoms with Crippen molar-refractivity contribution in [3.63, 3.8) is 0 Å². The Morgan fingerprint density at radius 3 is 2.43 bits per heavy atom. The summed E-state index contributed by atoms with van der Waals surface area (Å²) in [5.41, 5.74) is 4.85. The summed E-state index contributed by atoms with van der Waals surface area (Å²) in [6.45, 7) is 8.03. The minimum Gasteiger partial charge on any atom is -0.444 e. The molecule has 1 aliphatic rings. The fourth-order valence-electron chi connectivity index (χ4n) is 2.74. The van der Waals surface area contributed by atoms with E-state index in [0.717, 1.165) is 25.7 Å². The van der Waals surface area contributed by atoms with E-state index in [2.05, 4.69) is 5.32 Å². The van der Waals surface area contributed by atoms with Crippen molar-refractivity contribution in [2.45, 2.75) is 71.1 Å². The molecular weight excluding hydrogens is 270 g/mol. The molecule has 1 rings (SSSR count). The second-order valence-electron chi connectivity index (χ2n) is 6.50. The van der Waals surface area contributed by atoms with Crippen LogP contribution in [0.1, 0.15) is 53.4 Å². The summed E-state index contributed by atoms with van der Waals surface area (Å²) >= 11 is 0. The third-order valence-corrected chi connectivity index (χ3v) is 3.63. The summed E-state index contributed by atoms with van der Waals surface area (Å²) in [6, 6.07) is -0.0589. The molecular formula is C15H29N3O3. The van der Waals surface area contributed by atoms with Crippen LogP contribution in [0.2, 0.25) is 0 Å². The minimum absolute atomic E-state index is 0.0194. The van der Waals surface area contributed by atoms with E-state index in [1.807, 2.05) is 27.7 Å². The fourth-order valence-corrected chi connectivity index (χ4v) is 2.74. The molecule has 0 unspecified atom stereocenters. The van der Waals surface area contributed by atoms with Crippen LogP contribution in [0.25, 0.3) is 0 Å². The molecule has 21 heavy (non-hydrogen) atoms. The van der Waals surface area contributed by atoms with E-state index in [4.69, 9.17) is 10.5 Å². The van der Waals surface area contributed by atoms with Crippen molar-refractivity contribution >= 4 is 12.0 Å². The van der Waals surface area contributed by atoms with Crippen LogP contribution in [0.3, 0.4) is 0 Å². The third-order valence-electron chi connectivity index (χ3n) is 3.63. The Labute approximate surface area is 127 Å². The summed E-state index contributed by atoms with van der Waals surface area (Å²) in [6.07, 6.45) is 3.54. The van der Waals surface area contributed by atoms with Gasteiger partial charge in [-0.3, -0.25) is 4.79 Å². The largest absolute Gasteiger partial charge is 0.444 e. The number of carbonyl (C=O) groups excluding carboxylic acids is 2. The number of amides is 2. The molecule has 0 saturated heterocycles. The van der Waals surface area contributed by atoms with Gasteiger partial charge in [-0.2, -0.15) is 0 Å². The molecule has 2 atom stereocenters. The van der Waals surface area contributed by atoms with Gasteiger partial charge in [0.1, 0.15) is 5.60 Å². The minimum atomic E-state index is -0.519. The molecule has 0 aromatic rings. The lowest BCUT2D eigenvalue weighted by Crippen LogP contribution is -2.56. The molecule has 1 aliphatic carbocycles. The van der Waals surface area contributed by atoms with Gasteiger partial charge in [0.2, 0.25) is 5.91 Å². The zero-order valence-corrected chi connectivity index (χ0v) is 13.6. The maximum Gasteiger partial charge on any atom is 0.410 e. The monoisotopic (exact) mass is 299 g/mol. The number of rotatable bonds is 4. The van der Waals surface area contributed by atoms with Crippen LogP contribution in [-0.2, 0) is 9.53 Å². The molecule has 0 aliphatic heterocycles. The SMILES string of the molecule is CCN(C(=O)OC(C)(C)C)[C@@H]1CCCC[C@@H]1NC(=O)CN. The summed E-state index contributed by atoms with van der Waals surface area (Å²) < 4.78 is 5.47. The van der Waals surface area contributed by atoms with Gasteiger partial charge in [-0.15, -0.1) is 0 Å². The average molecular weight is 299 g/mol. The Balaban J connectivity index is 2.79. The predicted molar refractivity (Wildman–Crippen MR) is 81.9 cm³/mol. The van der Waals surface area contributed by atoms with Gasteiger partial charge < -0.3 is 20.7 Å². The van der Waals surface area contributed by atoms with E-state index < -0.39 is 5.60 Å². The lowest BCUT2D eigenvalue weighted by molar-refractivity contribution is -0.121. The number of ether oxygens (including phenoxy) is 1. The highest BCUT2D eigenvalue weighted by Gasteiger charge is 2.34. The van der Waals surface area contributed by atoms with E-state index in [1.165, 1.54) is 0 Å². The molecule has 0 aromatic carbocycles. The van der Waals surface area contributed by atoms with E-state index in [9.17, 15) is 9.59 Å². The van der Waals surface area contributed by atoms with Gasteiger partial charge in [-0.25, -0.2) is 4.79 Å². The molecule has 2 amide bonds. The van der Waals surface area contributed by atoms with E-state index in [1.54, 1.807) is 4.90 Å². The van der Waals surface area contributed by atoms with Gasteiger partial charge in [0.15, 0.2) is 0 Å². The third kappa shape index (κ3) is 5.53. The quantitative estimate of drug-likeness (QED) is 0.826. The van der Waals surface area contributed by atoms with Crippen LogP contribution in [0.5, 0.6) is 0 Å². The smallest absolute Gasteiger partial charge is 0.410 e. The lowest BCUT2D eigenvalue weighted by Gasteiger charge is -2.40. The first-order chi connectivity index (χ1) is 9.78. The van der Waals surface area contributed by atoms with Crippen LogP contribution in [0.4, 0.5) is 4.79 Å². The number of nitrogens with zero attached hydrogens (tertiary/aromatic N) is 1. The zero-order valence-electron chi connectivity index (χ0n) is 13.6. The van der Waals surface area contributed by atoms with Crippen LogP contribution in [0, 0.1) is 0 Å². The lowest BCUT2D eigenvalue weighted by atomic mass is 9.89. The van der Waals surface area contributed by atoms with E-state index in [-0.39, 0.29) is 30.6 Å². The number of nitrogens with one attached hydrogen (secondary N) is 1. The first kappa shape index (κ1) is 17.8. The Bertz CT molecular complexity index is 366.